The number of likely N-dealkylation sites (tertiary alicyclic amines) is 1. The summed E-state index contributed by atoms with van der Waals surface area (Å²) < 4.78 is 0. The second-order valence-corrected chi connectivity index (χ2v) is 4.66. The first-order valence-corrected chi connectivity index (χ1v) is 6.22. The van der Waals surface area contributed by atoms with Crippen molar-refractivity contribution in [3.05, 3.63) is 0 Å². The zero-order valence-electron chi connectivity index (χ0n) is 10.8. The van der Waals surface area contributed by atoms with E-state index < -0.39 is 12.0 Å². The van der Waals surface area contributed by atoms with Crippen LogP contribution in [0.5, 0.6) is 0 Å². The molecule has 2 atom stereocenters. The monoisotopic (exact) mass is 242 g/mol. The predicted octanol–water partition coefficient (Wildman–Crippen LogP) is 0.792. The van der Waals surface area contributed by atoms with Gasteiger partial charge in [0, 0.05) is 7.05 Å². The fourth-order valence-electron chi connectivity index (χ4n) is 2.25. The van der Waals surface area contributed by atoms with Crippen LogP contribution in [0.25, 0.3) is 0 Å². The van der Waals surface area contributed by atoms with Crippen molar-refractivity contribution in [2.75, 3.05) is 20.1 Å². The van der Waals surface area contributed by atoms with Gasteiger partial charge in [-0.1, -0.05) is 6.92 Å². The highest BCUT2D eigenvalue weighted by atomic mass is 16.4. The van der Waals surface area contributed by atoms with Crippen LogP contribution in [0, 0.1) is 0 Å². The van der Waals surface area contributed by atoms with E-state index in [1.807, 2.05) is 0 Å². The summed E-state index contributed by atoms with van der Waals surface area (Å²) in [4.78, 5) is 26.6. The fraction of sp³-hybridized carbons (Fsp3) is 0.833. The van der Waals surface area contributed by atoms with Crippen LogP contribution in [0.2, 0.25) is 0 Å². The molecule has 1 rings (SSSR count). The molecule has 17 heavy (non-hydrogen) atoms. The van der Waals surface area contributed by atoms with Gasteiger partial charge < -0.3 is 10.0 Å². The molecule has 0 aromatic heterocycles. The van der Waals surface area contributed by atoms with Crippen LogP contribution >= 0.6 is 0 Å². The lowest BCUT2D eigenvalue weighted by atomic mass is 10.1. The van der Waals surface area contributed by atoms with Gasteiger partial charge in [-0.3, -0.25) is 9.69 Å². The van der Waals surface area contributed by atoms with E-state index in [0.717, 1.165) is 32.4 Å². The average Bonchev–Trinajstić information content (AvgIpc) is 2.74. The molecular formula is C12H22N2O3. The summed E-state index contributed by atoms with van der Waals surface area (Å²) in [6, 6.07) is -0.881. The van der Waals surface area contributed by atoms with Crippen LogP contribution in [0.15, 0.2) is 0 Å². The summed E-state index contributed by atoms with van der Waals surface area (Å²) in [5.41, 5.74) is 0. The number of hydrogen-bond acceptors (Lipinski definition) is 3. The Morgan fingerprint density at radius 2 is 2.18 bits per heavy atom. The van der Waals surface area contributed by atoms with Gasteiger partial charge in [-0.05, 0) is 39.3 Å². The second kappa shape index (κ2) is 6.00. The molecule has 0 aliphatic carbocycles. The zero-order chi connectivity index (χ0) is 13.0. The number of rotatable bonds is 5. The van der Waals surface area contributed by atoms with Crippen molar-refractivity contribution < 1.29 is 14.7 Å². The fourth-order valence-corrected chi connectivity index (χ4v) is 2.25. The van der Waals surface area contributed by atoms with E-state index >= 15 is 0 Å². The van der Waals surface area contributed by atoms with Gasteiger partial charge in [-0.2, -0.15) is 0 Å². The molecule has 5 heteroatoms. The molecule has 0 spiro atoms. The van der Waals surface area contributed by atoms with Gasteiger partial charge in [-0.25, -0.2) is 4.79 Å². The maximum Gasteiger partial charge on any atom is 0.326 e. The number of carboxylic acids is 1. The van der Waals surface area contributed by atoms with Gasteiger partial charge in [0.15, 0.2) is 0 Å². The van der Waals surface area contributed by atoms with Crippen molar-refractivity contribution in [1.82, 2.24) is 9.80 Å². The number of amides is 1. The molecule has 0 aromatic rings. The van der Waals surface area contributed by atoms with Crippen LogP contribution in [0.1, 0.15) is 33.1 Å². The molecule has 1 aliphatic heterocycles. The van der Waals surface area contributed by atoms with E-state index in [1.165, 1.54) is 4.90 Å². The highest BCUT2D eigenvalue weighted by Crippen LogP contribution is 2.19. The maximum atomic E-state index is 12.2. The van der Waals surface area contributed by atoms with Gasteiger partial charge in [0.2, 0.25) is 5.91 Å². The maximum absolute atomic E-state index is 12.2. The number of carbonyl (C=O) groups is 2. The summed E-state index contributed by atoms with van der Waals surface area (Å²) in [6.07, 6.45) is 2.88. The third-order valence-electron chi connectivity index (χ3n) is 3.45. The van der Waals surface area contributed by atoms with Crippen LogP contribution in [0.4, 0.5) is 0 Å². The van der Waals surface area contributed by atoms with Gasteiger partial charge in [0.05, 0.1) is 6.04 Å². The lowest BCUT2D eigenvalue weighted by molar-refractivity contribution is -0.150. The minimum Gasteiger partial charge on any atom is -0.480 e. The number of nitrogens with zero attached hydrogens (tertiary/aromatic N) is 2. The quantitative estimate of drug-likeness (QED) is 0.774. The largest absolute Gasteiger partial charge is 0.480 e. The first-order valence-electron chi connectivity index (χ1n) is 6.22. The van der Waals surface area contributed by atoms with Crippen LogP contribution in [0.3, 0.4) is 0 Å². The molecule has 0 aromatic carbocycles. The Kier molecular flexibility index (Phi) is 4.93. The van der Waals surface area contributed by atoms with Crippen LogP contribution in [-0.2, 0) is 9.59 Å². The third-order valence-corrected chi connectivity index (χ3v) is 3.45. The number of hydrogen-bond donors (Lipinski definition) is 1. The average molecular weight is 242 g/mol. The highest BCUT2D eigenvalue weighted by molar-refractivity contribution is 5.86. The topological polar surface area (TPSA) is 60.9 Å². The van der Waals surface area contributed by atoms with Crippen molar-refractivity contribution >= 4 is 11.9 Å². The molecule has 0 bridgehead atoms. The molecule has 0 unspecified atom stereocenters. The van der Waals surface area contributed by atoms with Crippen molar-refractivity contribution in [2.45, 2.75) is 45.2 Å². The van der Waals surface area contributed by atoms with Crippen molar-refractivity contribution in [3.63, 3.8) is 0 Å². The van der Waals surface area contributed by atoms with Crippen molar-refractivity contribution in [2.24, 2.45) is 0 Å². The molecule has 1 saturated heterocycles. The SMILES string of the molecule is CCCN1CCC[C@H]1C(=O)N(C)[C@H](C)C(=O)O. The summed E-state index contributed by atoms with van der Waals surface area (Å²) >= 11 is 0. The zero-order valence-corrected chi connectivity index (χ0v) is 10.8. The molecular weight excluding hydrogens is 220 g/mol. The molecule has 1 heterocycles. The molecule has 1 aliphatic rings. The van der Waals surface area contributed by atoms with E-state index in [4.69, 9.17) is 5.11 Å². The van der Waals surface area contributed by atoms with E-state index in [1.54, 1.807) is 14.0 Å². The van der Waals surface area contributed by atoms with Gasteiger partial charge >= 0.3 is 5.97 Å². The molecule has 98 valence electrons. The minimum atomic E-state index is -0.958. The summed E-state index contributed by atoms with van der Waals surface area (Å²) in [6.45, 7) is 5.48. The summed E-state index contributed by atoms with van der Waals surface area (Å²) in [5, 5.41) is 8.91. The molecule has 1 N–H and O–H groups in total. The molecule has 5 nitrogen and oxygen atoms in total. The standard InChI is InChI=1S/C12H22N2O3/c1-4-7-14-8-5-6-10(14)11(15)13(3)9(2)12(16)17/h9-10H,4-8H2,1-3H3,(H,16,17)/t9-,10+/m1/s1. The Morgan fingerprint density at radius 3 is 2.71 bits per heavy atom. The smallest absolute Gasteiger partial charge is 0.326 e. The lowest BCUT2D eigenvalue weighted by Crippen LogP contribution is -2.49. The first-order chi connectivity index (χ1) is 7.99. The van der Waals surface area contributed by atoms with Gasteiger partial charge in [0.25, 0.3) is 0 Å². The Bertz CT molecular complexity index is 293. The number of carbonyl (C=O) groups excluding carboxylic acids is 1. The molecule has 0 radical (unpaired) electrons. The number of carboxylic acid groups (broad SMARTS) is 1. The lowest BCUT2D eigenvalue weighted by Gasteiger charge is -2.29. The first kappa shape index (κ1) is 14.0. The van der Waals surface area contributed by atoms with Gasteiger partial charge in [0.1, 0.15) is 6.04 Å². The number of aliphatic carboxylic acids is 1. The van der Waals surface area contributed by atoms with E-state index in [0.29, 0.717) is 0 Å². The van der Waals surface area contributed by atoms with Gasteiger partial charge in [-0.15, -0.1) is 0 Å². The number of likely N-dealkylation sites (N-methyl/N-ethyl adjacent to an activating group) is 1. The Morgan fingerprint density at radius 1 is 1.53 bits per heavy atom. The molecule has 0 saturated carbocycles. The van der Waals surface area contributed by atoms with E-state index in [-0.39, 0.29) is 11.9 Å². The molecule has 1 amide bonds. The van der Waals surface area contributed by atoms with Crippen LogP contribution < -0.4 is 0 Å². The van der Waals surface area contributed by atoms with E-state index in [2.05, 4.69) is 11.8 Å². The van der Waals surface area contributed by atoms with Crippen molar-refractivity contribution in [1.29, 1.82) is 0 Å². The minimum absolute atomic E-state index is 0.0640. The highest BCUT2D eigenvalue weighted by Gasteiger charge is 2.34. The van der Waals surface area contributed by atoms with Crippen LogP contribution in [-0.4, -0.2) is 59.0 Å². The summed E-state index contributed by atoms with van der Waals surface area (Å²) in [5.74, 6) is -1.02. The summed E-state index contributed by atoms with van der Waals surface area (Å²) in [7, 11) is 1.57. The Labute approximate surface area is 102 Å². The second-order valence-electron chi connectivity index (χ2n) is 4.66. The Balaban J connectivity index is 2.65. The Hall–Kier alpha value is -1.10. The van der Waals surface area contributed by atoms with E-state index in [9.17, 15) is 9.59 Å². The molecule has 1 fully saturated rings. The van der Waals surface area contributed by atoms with Crippen molar-refractivity contribution in [3.8, 4) is 0 Å². The predicted molar refractivity (Wildman–Crippen MR) is 64.8 cm³/mol. The normalized spacial score (nSPS) is 22.4. The third kappa shape index (κ3) is 3.19.